The van der Waals surface area contributed by atoms with E-state index in [0.717, 1.165) is 29.2 Å². The molecule has 1 aliphatic heterocycles. The lowest BCUT2D eigenvalue weighted by Gasteiger charge is -2.14. The van der Waals surface area contributed by atoms with E-state index in [2.05, 4.69) is 4.18 Å². The predicted octanol–water partition coefficient (Wildman–Crippen LogP) is 1.18. The van der Waals surface area contributed by atoms with Crippen LogP contribution in [0.3, 0.4) is 0 Å². The summed E-state index contributed by atoms with van der Waals surface area (Å²) in [5, 5.41) is 0. The normalized spacial score (nSPS) is 16.0. The quantitative estimate of drug-likeness (QED) is 0.616. The lowest BCUT2D eigenvalue weighted by Crippen LogP contribution is -2.29. The standard InChI is InChI=1S/C11H7F2NO4S/c12-8-2-1-7(5-9(8)18-19(13)17)6-14-10(15)3-4-11(14)16/h1-5H,6H2. The van der Waals surface area contributed by atoms with Crippen molar-refractivity contribution in [3.05, 3.63) is 41.7 Å². The minimum Gasteiger partial charge on any atom is -0.374 e. The molecule has 0 radical (unpaired) electrons. The molecule has 0 spiro atoms. The number of amides is 2. The number of benzene rings is 1. The van der Waals surface area contributed by atoms with Crippen molar-refractivity contribution in [3.63, 3.8) is 0 Å². The first kappa shape index (κ1) is 13.3. The van der Waals surface area contributed by atoms with E-state index >= 15 is 0 Å². The van der Waals surface area contributed by atoms with Crippen molar-refractivity contribution in [2.45, 2.75) is 6.54 Å². The number of rotatable bonds is 4. The second-order valence-electron chi connectivity index (χ2n) is 3.64. The predicted molar refractivity (Wildman–Crippen MR) is 61.0 cm³/mol. The van der Waals surface area contributed by atoms with E-state index in [1.807, 2.05) is 0 Å². The molecule has 0 aromatic heterocycles. The van der Waals surface area contributed by atoms with Gasteiger partial charge in [0.05, 0.1) is 6.54 Å². The molecule has 0 saturated carbocycles. The smallest absolute Gasteiger partial charge is 0.374 e. The highest BCUT2D eigenvalue weighted by molar-refractivity contribution is 7.75. The summed E-state index contributed by atoms with van der Waals surface area (Å²) in [6.45, 7) is -0.111. The zero-order valence-electron chi connectivity index (χ0n) is 9.34. The molecule has 0 aliphatic carbocycles. The number of imide groups is 1. The van der Waals surface area contributed by atoms with E-state index in [0.29, 0.717) is 5.56 Å². The summed E-state index contributed by atoms with van der Waals surface area (Å²) >= 11 is -3.15. The highest BCUT2D eigenvalue weighted by Gasteiger charge is 2.23. The molecular formula is C11H7F2NO4S. The van der Waals surface area contributed by atoms with E-state index in [1.165, 1.54) is 6.07 Å². The van der Waals surface area contributed by atoms with Gasteiger partial charge in [-0.05, 0) is 17.7 Å². The van der Waals surface area contributed by atoms with Crippen LogP contribution < -0.4 is 4.18 Å². The van der Waals surface area contributed by atoms with Crippen molar-refractivity contribution in [3.8, 4) is 5.75 Å². The molecule has 0 N–H and O–H groups in total. The average molecular weight is 287 g/mol. The Labute approximate surface area is 109 Å². The number of hydrogen-bond acceptors (Lipinski definition) is 4. The maximum Gasteiger partial charge on any atom is 0.401 e. The highest BCUT2D eigenvalue weighted by atomic mass is 32.2. The van der Waals surface area contributed by atoms with Gasteiger partial charge in [0.1, 0.15) is 0 Å². The monoisotopic (exact) mass is 287 g/mol. The fraction of sp³-hybridized carbons (Fsp3) is 0.0909. The Balaban J connectivity index is 2.19. The topological polar surface area (TPSA) is 63.7 Å². The van der Waals surface area contributed by atoms with Gasteiger partial charge in [-0.25, -0.2) is 4.39 Å². The van der Waals surface area contributed by atoms with E-state index in [4.69, 9.17) is 0 Å². The number of carbonyl (C=O) groups excluding carboxylic acids is 2. The van der Waals surface area contributed by atoms with Crippen LogP contribution in [0.2, 0.25) is 0 Å². The number of nitrogens with zero attached hydrogens (tertiary/aromatic N) is 1. The fourth-order valence-electron chi connectivity index (χ4n) is 1.55. The van der Waals surface area contributed by atoms with E-state index < -0.39 is 34.8 Å². The van der Waals surface area contributed by atoms with Gasteiger partial charge in [0.25, 0.3) is 11.8 Å². The first-order chi connectivity index (χ1) is 8.97. The summed E-state index contributed by atoms with van der Waals surface area (Å²) in [7, 11) is 0. The van der Waals surface area contributed by atoms with Crippen molar-refractivity contribution in [2.24, 2.45) is 0 Å². The third-order valence-electron chi connectivity index (χ3n) is 2.39. The second kappa shape index (κ2) is 5.27. The Morgan fingerprint density at radius 2 is 1.84 bits per heavy atom. The molecule has 5 nitrogen and oxygen atoms in total. The van der Waals surface area contributed by atoms with Gasteiger partial charge in [-0.3, -0.25) is 14.5 Å². The van der Waals surface area contributed by atoms with Crippen molar-refractivity contribution >= 4 is 23.3 Å². The van der Waals surface area contributed by atoms with Crippen LogP contribution in [0.5, 0.6) is 5.75 Å². The minimum absolute atomic E-state index is 0.111. The first-order valence-corrected chi connectivity index (χ1v) is 6.03. The Morgan fingerprint density at radius 3 is 2.42 bits per heavy atom. The number of carbonyl (C=O) groups is 2. The van der Waals surface area contributed by atoms with Gasteiger partial charge in [0.2, 0.25) is 0 Å². The Kier molecular flexibility index (Phi) is 3.70. The summed E-state index contributed by atoms with van der Waals surface area (Å²) in [6.07, 6.45) is 2.22. The molecule has 100 valence electrons. The average Bonchev–Trinajstić information content (AvgIpc) is 2.64. The Bertz CT molecular complexity index is 584. The van der Waals surface area contributed by atoms with Gasteiger partial charge in [0, 0.05) is 12.2 Å². The van der Waals surface area contributed by atoms with Crippen molar-refractivity contribution in [1.29, 1.82) is 0 Å². The molecule has 19 heavy (non-hydrogen) atoms. The van der Waals surface area contributed by atoms with Crippen LogP contribution in [0.1, 0.15) is 5.56 Å². The summed E-state index contributed by atoms with van der Waals surface area (Å²) < 4.78 is 39.8. The lowest BCUT2D eigenvalue weighted by molar-refractivity contribution is -0.137. The first-order valence-electron chi connectivity index (χ1n) is 5.05. The third kappa shape index (κ3) is 3.02. The van der Waals surface area contributed by atoms with Crippen LogP contribution in [0.4, 0.5) is 8.28 Å². The minimum atomic E-state index is -3.15. The number of halogens is 2. The van der Waals surface area contributed by atoms with Crippen molar-refractivity contribution in [1.82, 2.24) is 4.90 Å². The molecule has 2 rings (SSSR count). The van der Waals surface area contributed by atoms with Crippen LogP contribution in [0.25, 0.3) is 0 Å². The SMILES string of the molecule is O=C1C=CC(=O)N1Cc1ccc(F)c(OS(=O)F)c1. The van der Waals surface area contributed by atoms with Gasteiger partial charge in [-0.1, -0.05) is 9.95 Å². The summed E-state index contributed by atoms with van der Waals surface area (Å²) in [5.74, 6) is -2.44. The molecule has 8 heteroatoms. The van der Waals surface area contributed by atoms with Gasteiger partial charge >= 0.3 is 11.5 Å². The van der Waals surface area contributed by atoms with Gasteiger partial charge in [0.15, 0.2) is 11.6 Å². The van der Waals surface area contributed by atoms with Crippen molar-refractivity contribution < 1.29 is 26.3 Å². The molecule has 2 amide bonds. The van der Waals surface area contributed by atoms with Crippen LogP contribution in [-0.2, 0) is 27.6 Å². The van der Waals surface area contributed by atoms with Crippen molar-refractivity contribution in [2.75, 3.05) is 0 Å². The summed E-state index contributed by atoms with van der Waals surface area (Å²) in [4.78, 5) is 23.6. The maximum absolute atomic E-state index is 13.2. The molecule has 0 fully saturated rings. The summed E-state index contributed by atoms with van der Waals surface area (Å²) in [5.41, 5.74) is 0.340. The third-order valence-corrected chi connectivity index (χ3v) is 2.70. The van der Waals surface area contributed by atoms with Gasteiger partial charge < -0.3 is 4.18 Å². The zero-order valence-corrected chi connectivity index (χ0v) is 10.2. The van der Waals surface area contributed by atoms with Crippen LogP contribution in [-0.4, -0.2) is 20.9 Å². The molecule has 1 atom stereocenters. The Hall–Kier alpha value is -2.09. The molecule has 0 bridgehead atoms. The largest absolute Gasteiger partial charge is 0.401 e. The highest BCUT2D eigenvalue weighted by Crippen LogP contribution is 2.21. The second-order valence-corrected chi connectivity index (χ2v) is 4.19. The van der Waals surface area contributed by atoms with E-state index in [9.17, 15) is 22.1 Å². The molecule has 0 saturated heterocycles. The van der Waals surface area contributed by atoms with E-state index in [-0.39, 0.29) is 6.54 Å². The Morgan fingerprint density at radius 1 is 1.21 bits per heavy atom. The molecule has 1 aliphatic rings. The van der Waals surface area contributed by atoms with Crippen LogP contribution >= 0.6 is 0 Å². The summed E-state index contributed by atoms with van der Waals surface area (Å²) in [6, 6.07) is 3.35. The molecule has 1 heterocycles. The zero-order chi connectivity index (χ0) is 14.0. The molecule has 1 aromatic carbocycles. The fourth-order valence-corrected chi connectivity index (χ4v) is 1.82. The molecule has 1 unspecified atom stereocenters. The number of hydrogen-bond donors (Lipinski definition) is 0. The maximum atomic E-state index is 13.2. The molecular weight excluding hydrogens is 280 g/mol. The van der Waals surface area contributed by atoms with Crippen LogP contribution in [0.15, 0.2) is 30.4 Å². The van der Waals surface area contributed by atoms with Gasteiger partial charge in [-0.15, -0.1) is 0 Å². The molecule has 1 aromatic rings. The van der Waals surface area contributed by atoms with Gasteiger partial charge in [-0.2, -0.15) is 4.21 Å². The lowest BCUT2D eigenvalue weighted by atomic mass is 10.2. The van der Waals surface area contributed by atoms with E-state index in [1.54, 1.807) is 0 Å². The van der Waals surface area contributed by atoms with Crippen LogP contribution in [0, 0.1) is 5.82 Å².